The van der Waals surface area contributed by atoms with Gasteiger partial charge in [-0.25, -0.2) is 9.59 Å². The van der Waals surface area contributed by atoms with Crippen LogP contribution in [0.15, 0.2) is 6.07 Å². The van der Waals surface area contributed by atoms with Crippen molar-refractivity contribution in [2.45, 2.75) is 13.8 Å². The number of carboxylic acids is 1. The Bertz CT molecular complexity index is 456. The maximum atomic E-state index is 12.0. The van der Waals surface area contributed by atoms with Crippen LogP contribution >= 0.6 is 0 Å². The molecule has 1 aromatic heterocycles. The number of H-pyrrole nitrogens is 1. The van der Waals surface area contributed by atoms with Crippen LogP contribution in [-0.2, 0) is 4.74 Å². The number of ether oxygens (including phenoxy) is 1. The molecular weight excluding hydrogens is 250 g/mol. The summed E-state index contributed by atoms with van der Waals surface area (Å²) in [6.07, 6.45) is 0. The molecule has 1 heterocycles. The number of nitrogens with one attached hydrogen (secondary N) is 2. The van der Waals surface area contributed by atoms with Crippen LogP contribution in [0, 0.1) is 6.92 Å². The number of hydrogen-bond acceptors (Lipinski definition) is 3. The minimum Gasteiger partial charge on any atom is -0.477 e. The van der Waals surface area contributed by atoms with Gasteiger partial charge in [-0.15, -0.1) is 0 Å². The lowest BCUT2D eigenvalue weighted by atomic mass is 10.3. The Morgan fingerprint density at radius 3 is 2.74 bits per heavy atom. The van der Waals surface area contributed by atoms with E-state index in [2.05, 4.69) is 10.3 Å². The number of aromatic carboxylic acids is 1. The number of methoxy groups -OCH3 is 1. The number of anilines is 1. The Hall–Kier alpha value is -2.02. The normalized spacial score (nSPS) is 10.3. The largest absolute Gasteiger partial charge is 0.477 e. The molecule has 0 aliphatic heterocycles. The van der Waals surface area contributed by atoms with Gasteiger partial charge in [-0.3, -0.25) is 0 Å². The van der Waals surface area contributed by atoms with Crippen molar-refractivity contribution in [2.24, 2.45) is 0 Å². The number of aryl methyl sites for hydroxylation is 1. The van der Waals surface area contributed by atoms with Crippen LogP contribution in [-0.4, -0.2) is 53.8 Å². The number of hydrogen-bond donors (Lipinski definition) is 3. The molecule has 0 unspecified atom stereocenters. The minimum atomic E-state index is -1.11. The van der Waals surface area contributed by atoms with E-state index in [-0.39, 0.29) is 17.4 Å². The van der Waals surface area contributed by atoms with E-state index in [1.165, 1.54) is 4.90 Å². The van der Waals surface area contributed by atoms with E-state index in [4.69, 9.17) is 9.84 Å². The Morgan fingerprint density at radius 2 is 2.21 bits per heavy atom. The van der Waals surface area contributed by atoms with Gasteiger partial charge in [-0.2, -0.15) is 0 Å². The first-order chi connectivity index (χ1) is 8.99. The van der Waals surface area contributed by atoms with E-state index in [9.17, 15) is 9.59 Å². The molecule has 1 aromatic rings. The molecular formula is C12H19N3O4. The lowest BCUT2D eigenvalue weighted by Crippen LogP contribution is -2.37. The van der Waals surface area contributed by atoms with Crippen LogP contribution in [0.1, 0.15) is 23.1 Å². The fraction of sp³-hybridized carbons (Fsp3) is 0.500. The quantitative estimate of drug-likeness (QED) is 0.729. The monoisotopic (exact) mass is 269 g/mol. The third kappa shape index (κ3) is 3.99. The van der Waals surface area contributed by atoms with Crippen molar-refractivity contribution in [3.63, 3.8) is 0 Å². The molecule has 0 aliphatic rings. The molecule has 0 atom stereocenters. The molecule has 106 valence electrons. The molecule has 7 nitrogen and oxygen atoms in total. The molecule has 0 saturated carbocycles. The first-order valence-corrected chi connectivity index (χ1v) is 5.97. The van der Waals surface area contributed by atoms with Crippen molar-refractivity contribution in [3.8, 4) is 0 Å². The van der Waals surface area contributed by atoms with Gasteiger partial charge in [0.15, 0.2) is 0 Å². The van der Waals surface area contributed by atoms with Crippen LogP contribution < -0.4 is 5.32 Å². The van der Waals surface area contributed by atoms with Gasteiger partial charge in [0, 0.05) is 25.9 Å². The highest BCUT2D eigenvalue weighted by Crippen LogP contribution is 2.17. The van der Waals surface area contributed by atoms with E-state index in [0.29, 0.717) is 25.4 Å². The maximum absolute atomic E-state index is 12.0. The van der Waals surface area contributed by atoms with Crippen LogP contribution in [0.4, 0.5) is 10.5 Å². The van der Waals surface area contributed by atoms with Gasteiger partial charge < -0.3 is 25.0 Å². The van der Waals surface area contributed by atoms with Crippen LogP contribution in [0.3, 0.4) is 0 Å². The van der Waals surface area contributed by atoms with E-state index in [1.54, 1.807) is 20.1 Å². The van der Waals surface area contributed by atoms with Gasteiger partial charge >= 0.3 is 12.0 Å². The lowest BCUT2D eigenvalue weighted by Gasteiger charge is -2.20. The van der Waals surface area contributed by atoms with E-state index < -0.39 is 5.97 Å². The summed E-state index contributed by atoms with van der Waals surface area (Å²) >= 11 is 0. The van der Waals surface area contributed by atoms with E-state index in [1.807, 2.05) is 6.92 Å². The molecule has 0 spiro atoms. The van der Waals surface area contributed by atoms with Crippen molar-refractivity contribution >= 4 is 17.7 Å². The van der Waals surface area contributed by atoms with Gasteiger partial charge in [0.05, 0.1) is 12.3 Å². The Balaban J connectivity index is 2.77. The van der Waals surface area contributed by atoms with Crippen LogP contribution in [0.2, 0.25) is 0 Å². The van der Waals surface area contributed by atoms with Gasteiger partial charge in [-0.05, 0) is 19.9 Å². The van der Waals surface area contributed by atoms with Crippen molar-refractivity contribution < 1.29 is 19.4 Å². The zero-order chi connectivity index (χ0) is 14.4. The smallest absolute Gasteiger partial charge is 0.354 e. The molecule has 0 saturated heterocycles. The molecule has 3 N–H and O–H groups in total. The molecule has 2 amide bonds. The summed E-state index contributed by atoms with van der Waals surface area (Å²) in [4.78, 5) is 27.2. The predicted octanol–water partition coefficient (Wildman–Crippen LogP) is 1.52. The summed E-state index contributed by atoms with van der Waals surface area (Å²) in [7, 11) is 1.56. The number of likely N-dealkylation sites (N-methyl/N-ethyl adjacent to an activating group) is 1. The van der Waals surface area contributed by atoms with Crippen molar-refractivity contribution in [1.82, 2.24) is 9.88 Å². The number of urea groups is 1. The Morgan fingerprint density at radius 1 is 1.53 bits per heavy atom. The van der Waals surface area contributed by atoms with Crippen molar-refractivity contribution in [3.05, 3.63) is 17.5 Å². The summed E-state index contributed by atoms with van der Waals surface area (Å²) in [6.45, 7) is 4.96. The third-order valence-electron chi connectivity index (χ3n) is 2.64. The number of nitrogens with zero attached hydrogens (tertiary/aromatic N) is 1. The van der Waals surface area contributed by atoms with Crippen molar-refractivity contribution in [1.29, 1.82) is 0 Å². The molecule has 0 bridgehead atoms. The first kappa shape index (κ1) is 15.0. The average molecular weight is 269 g/mol. The third-order valence-corrected chi connectivity index (χ3v) is 2.64. The summed E-state index contributed by atoms with van der Waals surface area (Å²) in [6, 6.07) is 1.24. The second kappa shape index (κ2) is 6.79. The highest BCUT2D eigenvalue weighted by molar-refractivity contribution is 5.99. The standard InChI is InChI=1S/C12H19N3O4/c1-4-15(5-6-19-3)12(18)14-9-7-8(2)13-10(9)11(16)17/h7,13H,4-6H2,1-3H3,(H,14,18)(H,16,17). The molecule has 0 aromatic carbocycles. The molecule has 1 rings (SSSR count). The van der Waals surface area contributed by atoms with Gasteiger partial charge in [0.25, 0.3) is 0 Å². The zero-order valence-electron chi connectivity index (χ0n) is 11.3. The van der Waals surface area contributed by atoms with Gasteiger partial charge in [-0.1, -0.05) is 0 Å². The second-order valence-corrected chi connectivity index (χ2v) is 4.05. The Labute approximate surface area is 111 Å². The number of aromatic amines is 1. The number of amides is 2. The van der Waals surface area contributed by atoms with E-state index in [0.717, 1.165) is 0 Å². The highest BCUT2D eigenvalue weighted by atomic mass is 16.5. The van der Waals surface area contributed by atoms with Gasteiger partial charge in [0.2, 0.25) is 0 Å². The summed E-state index contributed by atoms with van der Waals surface area (Å²) in [5.41, 5.74) is 0.923. The highest BCUT2D eigenvalue weighted by Gasteiger charge is 2.18. The summed E-state index contributed by atoms with van der Waals surface area (Å²) < 4.78 is 4.92. The molecule has 19 heavy (non-hydrogen) atoms. The fourth-order valence-corrected chi connectivity index (χ4v) is 1.66. The predicted molar refractivity (Wildman–Crippen MR) is 70.6 cm³/mol. The first-order valence-electron chi connectivity index (χ1n) is 5.97. The minimum absolute atomic E-state index is 0.0198. The number of aromatic nitrogens is 1. The van der Waals surface area contributed by atoms with Gasteiger partial charge in [0.1, 0.15) is 5.69 Å². The number of carbonyl (C=O) groups is 2. The summed E-state index contributed by atoms with van der Waals surface area (Å²) in [5, 5.41) is 11.6. The second-order valence-electron chi connectivity index (χ2n) is 4.05. The molecule has 7 heteroatoms. The number of rotatable bonds is 6. The molecule has 0 radical (unpaired) electrons. The fourth-order valence-electron chi connectivity index (χ4n) is 1.66. The zero-order valence-corrected chi connectivity index (χ0v) is 11.3. The average Bonchev–Trinajstić information content (AvgIpc) is 2.71. The molecule has 0 aliphatic carbocycles. The van der Waals surface area contributed by atoms with Crippen LogP contribution in [0.5, 0.6) is 0 Å². The topological polar surface area (TPSA) is 94.7 Å². The van der Waals surface area contributed by atoms with E-state index >= 15 is 0 Å². The van der Waals surface area contributed by atoms with Crippen molar-refractivity contribution in [2.75, 3.05) is 32.1 Å². The Kier molecular flexibility index (Phi) is 5.37. The maximum Gasteiger partial charge on any atom is 0.354 e. The van der Waals surface area contributed by atoms with Crippen LogP contribution in [0.25, 0.3) is 0 Å². The SMILES string of the molecule is CCN(CCOC)C(=O)Nc1cc(C)[nH]c1C(=O)O. The number of carboxylic acid groups (broad SMARTS) is 1. The summed E-state index contributed by atoms with van der Waals surface area (Å²) in [5.74, 6) is -1.11. The number of carbonyl (C=O) groups excluding carboxylic acids is 1. The lowest BCUT2D eigenvalue weighted by molar-refractivity contribution is 0.0692. The molecule has 0 fully saturated rings.